The Morgan fingerprint density at radius 3 is 2.23 bits per heavy atom. The third-order valence-corrected chi connectivity index (χ3v) is 3.99. The second-order valence-electron chi connectivity index (χ2n) is 5.65. The van der Waals surface area contributed by atoms with Gasteiger partial charge < -0.3 is 9.64 Å². The van der Waals surface area contributed by atoms with E-state index in [1.165, 1.54) is 38.5 Å². The molecule has 0 fully saturated rings. The van der Waals surface area contributed by atoms with Gasteiger partial charge in [0, 0.05) is 23.7 Å². The third-order valence-electron chi connectivity index (χ3n) is 3.75. The molecule has 0 bridgehead atoms. The van der Waals surface area contributed by atoms with Crippen LogP contribution in [0.25, 0.3) is 6.08 Å². The average molecular weight is 324 g/mol. The zero-order chi connectivity index (χ0) is 16.2. The molecule has 0 N–H and O–H groups in total. The smallest absolute Gasteiger partial charge is 0.126 e. The van der Waals surface area contributed by atoms with Crippen molar-refractivity contribution in [3.05, 3.63) is 35.0 Å². The van der Waals surface area contributed by atoms with E-state index in [2.05, 4.69) is 31.0 Å². The van der Waals surface area contributed by atoms with Gasteiger partial charge >= 0.3 is 0 Å². The molecule has 0 saturated carbocycles. The minimum absolute atomic E-state index is 0.740. The fourth-order valence-electron chi connectivity index (χ4n) is 2.41. The van der Waals surface area contributed by atoms with E-state index in [1.807, 2.05) is 18.2 Å². The first-order valence-corrected chi connectivity index (χ1v) is 8.84. The van der Waals surface area contributed by atoms with Crippen molar-refractivity contribution in [3.63, 3.8) is 0 Å². The molecular formula is C19H30ClNO. The largest absolute Gasteiger partial charge is 0.496 e. The van der Waals surface area contributed by atoms with E-state index in [9.17, 15) is 0 Å². The van der Waals surface area contributed by atoms with Crippen molar-refractivity contribution in [3.8, 4) is 5.75 Å². The van der Waals surface area contributed by atoms with E-state index in [0.717, 1.165) is 29.4 Å². The number of hydrogen-bond donors (Lipinski definition) is 0. The molecule has 0 aromatic heterocycles. The number of rotatable bonds is 11. The van der Waals surface area contributed by atoms with E-state index in [4.69, 9.17) is 16.3 Å². The second-order valence-corrected chi connectivity index (χ2v) is 6.09. The molecule has 0 amide bonds. The Hall–Kier alpha value is -1.15. The lowest BCUT2D eigenvalue weighted by molar-refractivity contribution is 0.355. The lowest BCUT2D eigenvalue weighted by atomic mass is 10.2. The highest BCUT2D eigenvalue weighted by Crippen LogP contribution is 2.24. The third kappa shape index (κ3) is 7.22. The van der Waals surface area contributed by atoms with Crippen LogP contribution in [0.15, 0.2) is 24.4 Å². The molecule has 1 aromatic carbocycles. The predicted molar refractivity (Wildman–Crippen MR) is 97.7 cm³/mol. The number of benzene rings is 1. The van der Waals surface area contributed by atoms with Gasteiger partial charge in [0.2, 0.25) is 0 Å². The number of hydrogen-bond acceptors (Lipinski definition) is 2. The summed E-state index contributed by atoms with van der Waals surface area (Å²) in [5.74, 6) is 0.864. The molecule has 0 aliphatic heterocycles. The minimum atomic E-state index is 0.740. The van der Waals surface area contributed by atoms with Gasteiger partial charge in [-0.3, -0.25) is 0 Å². The summed E-state index contributed by atoms with van der Waals surface area (Å²) in [7, 11) is 1.70. The van der Waals surface area contributed by atoms with Crippen molar-refractivity contribution in [2.75, 3.05) is 20.2 Å². The van der Waals surface area contributed by atoms with Gasteiger partial charge in [-0.1, -0.05) is 51.1 Å². The molecule has 124 valence electrons. The summed E-state index contributed by atoms with van der Waals surface area (Å²) < 4.78 is 5.40. The molecule has 0 aliphatic carbocycles. The molecule has 22 heavy (non-hydrogen) atoms. The Kier molecular flexibility index (Phi) is 9.81. The summed E-state index contributed by atoms with van der Waals surface area (Å²) >= 11 is 6.09. The fourth-order valence-corrected chi connectivity index (χ4v) is 2.59. The highest BCUT2D eigenvalue weighted by atomic mass is 35.5. The van der Waals surface area contributed by atoms with Gasteiger partial charge in [-0.15, -0.1) is 0 Å². The SMILES string of the molecule is CCCCCN(/C=C\c1cc(Cl)ccc1OC)CCCCC. The van der Waals surface area contributed by atoms with Crippen LogP contribution < -0.4 is 4.74 Å². The number of halogens is 1. The molecule has 0 saturated heterocycles. The van der Waals surface area contributed by atoms with Crippen LogP contribution in [0.3, 0.4) is 0 Å². The molecule has 0 radical (unpaired) electrons. The van der Waals surface area contributed by atoms with Gasteiger partial charge in [0.15, 0.2) is 0 Å². The first-order chi connectivity index (χ1) is 10.7. The van der Waals surface area contributed by atoms with Gasteiger partial charge in [0.05, 0.1) is 7.11 Å². The molecule has 0 atom stereocenters. The molecule has 0 heterocycles. The average Bonchev–Trinajstić information content (AvgIpc) is 2.52. The van der Waals surface area contributed by atoms with Crippen molar-refractivity contribution in [2.45, 2.75) is 52.4 Å². The standard InChI is InChI=1S/C19H30ClNO/c1-4-6-8-13-21(14-9-7-5-2)15-12-17-16-18(20)10-11-19(17)22-3/h10-12,15-16H,4-9,13-14H2,1-3H3/b15-12-. The van der Waals surface area contributed by atoms with E-state index < -0.39 is 0 Å². The van der Waals surface area contributed by atoms with Crippen molar-refractivity contribution >= 4 is 17.7 Å². The van der Waals surface area contributed by atoms with Gasteiger partial charge in [-0.25, -0.2) is 0 Å². The molecule has 3 heteroatoms. The van der Waals surface area contributed by atoms with Crippen molar-refractivity contribution in [2.24, 2.45) is 0 Å². The number of unbranched alkanes of at least 4 members (excludes halogenated alkanes) is 4. The van der Waals surface area contributed by atoms with E-state index >= 15 is 0 Å². The predicted octanol–water partition coefficient (Wildman–Crippen LogP) is 6.00. The lowest BCUT2D eigenvalue weighted by Crippen LogP contribution is -2.19. The number of methoxy groups -OCH3 is 1. The summed E-state index contributed by atoms with van der Waals surface area (Å²) in [6.45, 7) is 6.73. The quantitative estimate of drug-likeness (QED) is 0.463. The first-order valence-electron chi connectivity index (χ1n) is 8.47. The molecule has 0 spiro atoms. The fraction of sp³-hybridized carbons (Fsp3) is 0.579. The Labute approximate surface area is 141 Å². The van der Waals surface area contributed by atoms with Crippen LogP contribution in [-0.2, 0) is 0 Å². The van der Waals surface area contributed by atoms with E-state index in [1.54, 1.807) is 7.11 Å². The van der Waals surface area contributed by atoms with Crippen LogP contribution in [0.2, 0.25) is 5.02 Å². The maximum absolute atomic E-state index is 6.09. The molecule has 0 aliphatic rings. The van der Waals surface area contributed by atoms with Crippen molar-refractivity contribution in [1.82, 2.24) is 4.90 Å². The maximum atomic E-state index is 6.09. The zero-order valence-electron chi connectivity index (χ0n) is 14.3. The summed E-state index contributed by atoms with van der Waals surface area (Å²) in [5, 5.41) is 0.740. The number of nitrogens with zero attached hydrogens (tertiary/aromatic N) is 1. The summed E-state index contributed by atoms with van der Waals surface area (Å²) in [6.07, 6.45) is 11.9. The van der Waals surface area contributed by atoms with Gasteiger partial charge in [-0.05, 0) is 43.3 Å². The number of ether oxygens (including phenoxy) is 1. The van der Waals surface area contributed by atoms with Crippen molar-refractivity contribution < 1.29 is 4.74 Å². The normalized spacial score (nSPS) is 11.1. The lowest BCUT2D eigenvalue weighted by Gasteiger charge is -2.20. The Balaban J connectivity index is 2.71. The summed E-state index contributed by atoms with van der Waals surface area (Å²) in [4.78, 5) is 2.42. The van der Waals surface area contributed by atoms with Crippen LogP contribution in [0.5, 0.6) is 5.75 Å². The zero-order valence-corrected chi connectivity index (χ0v) is 15.0. The Morgan fingerprint density at radius 1 is 1.05 bits per heavy atom. The van der Waals surface area contributed by atoms with E-state index in [0.29, 0.717) is 0 Å². The van der Waals surface area contributed by atoms with Gasteiger partial charge in [0.25, 0.3) is 0 Å². The molecule has 2 nitrogen and oxygen atoms in total. The van der Waals surface area contributed by atoms with Crippen LogP contribution in [0, 0.1) is 0 Å². The molecular weight excluding hydrogens is 294 g/mol. The monoisotopic (exact) mass is 323 g/mol. The molecule has 1 aromatic rings. The summed E-state index contributed by atoms with van der Waals surface area (Å²) in [5.41, 5.74) is 1.03. The van der Waals surface area contributed by atoms with Gasteiger partial charge in [0.1, 0.15) is 5.75 Å². The highest BCUT2D eigenvalue weighted by molar-refractivity contribution is 6.30. The van der Waals surface area contributed by atoms with Gasteiger partial charge in [-0.2, -0.15) is 0 Å². The maximum Gasteiger partial charge on any atom is 0.126 e. The van der Waals surface area contributed by atoms with Crippen LogP contribution in [0.4, 0.5) is 0 Å². The minimum Gasteiger partial charge on any atom is -0.496 e. The Morgan fingerprint density at radius 2 is 1.68 bits per heavy atom. The van der Waals surface area contributed by atoms with Crippen molar-refractivity contribution in [1.29, 1.82) is 0 Å². The highest BCUT2D eigenvalue weighted by Gasteiger charge is 2.03. The molecule has 1 rings (SSSR count). The second kappa shape index (κ2) is 11.4. The Bertz CT molecular complexity index is 435. The first kappa shape index (κ1) is 18.9. The topological polar surface area (TPSA) is 12.5 Å². The molecule has 0 unspecified atom stereocenters. The van der Waals surface area contributed by atoms with E-state index in [-0.39, 0.29) is 0 Å². The van der Waals surface area contributed by atoms with Crippen LogP contribution >= 0.6 is 11.6 Å². The summed E-state index contributed by atoms with van der Waals surface area (Å²) in [6, 6.07) is 5.73. The van der Waals surface area contributed by atoms with Crippen LogP contribution in [-0.4, -0.2) is 25.1 Å². The van der Waals surface area contributed by atoms with Crippen LogP contribution in [0.1, 0.15) is 57.9 Å².